The van der Waals surface area contributed by atoms with Gasteiger partial charge in [-0.1, -0.05) is 48.5 Å². The van der Waals surface area contributed by atoms with Crippen molar-refractivity contribution in [3.63, 3.8) is 0 Å². The summed E-state index contributed by atoms with van der Waals surface area (Å²) in [5, 5.41) is 2.92. The van der Waals surface area contributed by atoms with Gasteiger partial charge < -0.3 is 24.4 Å². The summed E-state index contributed by atoms with van der Waals surface area (Å²) in [4.78, 5) is 27.1. The first-order valence-corrected chi connectivity index (χ1v) is 10.8. The first-order chi connectivity index (χ1) is 16.2. The van der Waals surface area contributed by atoms with Crippen LogP contribution in [-0.2, 0) is 9.53 Å². The van der Waals surface area contributed by atoms with E-state index in [0.717, 1.165) is 11.1 Å². The summed E-state index contributed by atoms with van der Waals surface area (Å²) in [6.45, 7) is 2.11. The molecule has 33 heavy (non-hydrogen) atoms. The Morgan fingerprint density at radius 3 is 2.42 bits per heavy atom. The second kappa shape index (κ2) is 10.7. The van der Waals surface area contributed by atoms with Crippen molar-refractivity contribution in [1.82, 2.24) is 4.90 Å². The Labute approximate surface area is 192 Å². The lowest BCUT2D eigenvalue weighted by molar-refractivity contribution is -0.137. The minimum atomic E-state index is -0.229. The molecule has 4 rings (SSSR count). The Bertz CT molecular complexity index is 1110. The van der Waals surface area contributed by atoms with E-state index in [4.69, 9.17) is 14.2 Å². The fourth-order valence-electron chi connectivity index (χ4n) is 3.66. The maximum Gasteiger partial charge on any atom is 0.260 e. The molecular formula is C26H26N2O5. The smallest absolute Gasteiger partial charge is 0.260 e. The van der Waals surface area contributed by atoms with Crippen LogP contribution < -0.4 is 14.8 Å². The maximum absolute atomic E-state index is 13.0. The molecule has 0 bridgehead atoms. The molecule has 3 aromatic rings. The Hall–Kier alpha value is -3.84. The zero-order valence-corrected chi connectivity index (χ0v) is 18.5. The van der Waals surface area contributed by atoms with Crippen molar-refractivity contribution in [2.45, 2.75) is 0 Å². The molecule has 1 N–H and O–H groups in total. The molecule has 1 heterocycles. The van der Waals surface area contributed by atoms with Gasteiger partial charge in [-0.25, -0.2) is 0 Å². The summed E-state index contributed by atoms with van der Waals surface area (Å²) in [7, 11) is 1.52. The van der Waals surface area contributed by atoms with Gasteiger partial charge in [0, 0.05) is 30.4 Å². The molecule has 1 aliphatic heterocycles. The number of hydrogen-bond acceptors (Lipinski definition) is 5. The van der Waals surface area contributed by atoms with Crippen molar-refractivity contribution in [3.05, 3.63) is 78.4 Å². The van der Waals surface area contributed by atoms with Crippen LogP contribution in [0.1, 0.15) is 10.4 Å². The maximum atomic E-state index is 13.0. The Balaban J connectivity index is 1.45. The highest BCUT2D eigenvalue weighted by Gasteiger charge is 2.18. The molecule has 3 aromatic carbocycles. The van der Waals surface area contributed by atoms with Crippen LogP contribution in [0.15, 0.2) is 72.8 Å². The average Bonchev–Trinajstić information content (AvgIpc) is 2.88. The fourth-order valence-corrected chi connectivity index (χ4v) is 3.66. The highest BCUT2D eigenvalue weighted by atomic mass is 16.5. The number of morpholine rings is 1. The minimum Gasteiger partial charge on any atom is -0.493 e. The van der Waals surface area contributed by atoms with Gasteiger partial charge in [-0.15, -0.1) is 0 Å². The minimum absolute atomic E-state index is 0.0908. The highest BCUT2D eigenvalue weighted by Crippen LogP contribution is 2.31. The molecular weight excluding hydrogens is 420 g/mol. The van der Waals surface area contributed by atoms with Crippen molar-refractivity contribution in [2.24, 2.45) is 0 Å². The van der Waals surface area contributed by atoms with Gasteiger partial charge in [-0.2, -0.15) is 0 Å². The van der Waals surface area contributed by atoms with Gasteiger partial charge in [-0.3, -0.25) is 9.59 Å². The molecule has 7 nitrogen and oxygen atoms in total. The molecule has 0 spiro atoms. The lowest BCUT2D eigenvalue weighted by atomic mass is 9.99. The van der Waals surface area contributed by atoms with Crippen molar-refractivity contribution in [1.29, 1.82) is 0 Å². The largest absolute Gasteiger partial charge is 0.493 e. The molecule has 0 radical (unpaired) electrons. The lowest BCUT2D eigenvalue weighted by Gasteiger charge is -2.26. The number of amides is 2. The summed E-state index contributed by atoms with van der Waals surface area (Å²) in [6.07, 6.45) is 0. The first kappa shape index (κ1) is 22.4. The van der Waals surface area contributed by atoms with E-state index in [-0.39, 0.29) is 18.4 Å². The van der Waals surface area contributed by atoms with E-state index in [1.165, 1.54) is 7.11 Å². The van der Waals surface area contributed by atoms with Crippen LogP contribution in [0, 0.1) is 0 Å². The fraction of sp³-hybridized carbons (Fsp3) is 0.231. The molecule has 0 aliphatic carbocycles. The van der Waals surface area contributed by atoms with Crippen LogP contribution >= 0.6 is 0 Å². The second-order valence-corrected chi connectivity index (χ2v) is 7.51. The van der Waals surface area contributed by atoms with Crippen LogP contribution in [0.4, 0.5) is 5.69 Å². The average molecular weight is 447 g/mol. The Morgan fingerprint density at radius 2 is 1.67 bits per heavy atom. The molecule has 2 amide bonds. The summed E-state index contributed by atoms with van der Waals surface area (Å²) in [5.41, 5.74) is 2.95. The number of nitrogens with one attached hydrogen (secondary N) is 1. The number of ether oxygens (including phenoxy) is 3. The molecule has 0 unspecified atom stereocenters. The quantitative estimate of drug-likeness (QED) is 0.597. The van der Waals surface area contributed by atoms with Gasteiger partial charge in [0.15, 0.2) is 18.1 Å². The predicted octanol–water partition coefficient (Wildman–Crippen LogP) is 3.85. The van der Waals surface area contributed by atoms with Crippen LogP contribution in [0.2, 0.25) is 0 Å². The number of hydrogen-bond donors (Lipinski definition) is 1. The normalized spacial score (nSPS) is 13.3. The highest BCUT2D eigenvalue weighted by molar-refractivity contribution is 6.08. The summed E-state index contributed by atoms with van der Waals surface area (Å²) < 4.78 is 16.4. The monoisotopic (exact) mass is 446 g/mol. The zero-order chi connectivity index (χ0) is 23.0. The Morgan fingerprint density at radius 1 is 0.939 bits per heavy atom. The van der Waals surface area contributed by atoms with E-state index >= 15 is 0 Å². The summed E-state index contributed by atoms with van der Waals surface area (Å²) >= 11 is 0. The van der Waals surface area contributed by atoms with Crippen LogP contribution in [0.3, 0.4) is 0 Å². The Kier molecular flexibility index (Phi) is 7.22. The number of methoxy groups -OCH3 is 1. The third kappa shape index (κ3) is 5.51. The summed E-state index contributed by atoms with van der Waals surface area (Å²) in [6, 6.07) is 22.3. The van der Waals surface area contributed by atoms with E-state index in [0.29, 0.717) is 49.1 Å². The third-order valence-corrected chi connectivity index (χ3v) is 5.39. The van der Waals surface area contributed by atoms with Gasteiger partial charge >= 0.3 is 0 Å². The van der Waals surface area contributed by atoms with E-state index in [9.17, 15) is 9.59 Å². The first-order valence-electron chi connectivity index (χ1n) is 10.8. The molecule has 7 heteroatoms. The second-order valence-electron chi connectivity index (χ2n) is 7.51. The molecule has 0 saturated carbocycles. The van der Waals surface area contributed by atoms with Gasteiger partial charge in [-0.05, 0) is 29.3 Å². The van der Waals surface area contributed by atoms with E-state index in [2.05, 4.69) is 5.32 Å². The third-order valence-electron chi connectivity index (χ3n) is 5.39. The number of anilines is 1. The van der Waals surface area contributed by atoms with Gasteiger partial charge in [0.25, 0.3) is 11.8 Å². The van der Waals surface area contributed by atoms with E-state index < -0.39 is 0 Å². The lowest BCUT2D eigenvalue weighted by Crippen LogP contribution is -2.43. The number of benzene rings is 3. The number of rotatable bonds is 7. The van der Waals surface area contributed by atoms with Gasteiger partial charge in [0.2, 0.25) is 0 Å². The molecule has 170 valence electrons. The molecule has 1 aliphatic rings. The van der Waals surface area contributed by atoms with Crippen LogP contribution in [0.25, 0.3) is 11.1 Å². The van der Waals surface area contributed by atoms with Crippen LogP contribution in [0.5, 0.6) is 11.5 Å². The predicted molar refractivity (Wildman–Crippen MR) is 126 cm³/mol. The number of carbonyl (C=O) groups is 2. The molecule has 0 atom stereocenters. The number of nitrogens with zero attached hydrogens (tertiary/aromatic N) is 1. The van der Waals surface area contributed by atoms with Crippen molar-refractivity contribution in [2.75, 3.05) is 45.3 Å². The van der Waals surface area contributed by atoms with E-state index in [1.54, 1.807) is 29.2 Å². The van der Waals surface area contributed by atoms with E-state index in [1.807, 2.05) is 48.5 Å². The standard InChI is InChI=1S/C26H26N2O5/c1-31-24-17-20(11-12-23(24)33-18-25(29)28-13-15-32-16-14-28)27-26(30)22-10-6-5-9-21(22)19-7-3-2-4-8-19/h2-12,17H,13-16,18H2,1H3,(H,27,30). The van der Waals surface area contributed by atoms with Gasteiger partial charge in [0.05, 0.1) is 20.3 Å². The zero-order valence-electron chi connectivity index (χ0n) is 18.5. The van der Waals surface area contributed by atoms with Crippen molar-refractivity contribution < 1.29 is 23.8 Å². The van der Waals surface area contributed by atoms with Crippen LogP contribution in [-0.4, -0.2) is 56.7 Å². The topological polar surface area (TPSA) is 77.1 Å². The molecule has 1 fully saturated rings. The van der Waals surface area contributed by atoms with Gasteiger partial charge in [0.1, 0.15) is 0 Å². The molecule has 1 saturated heterocycles. The van der Waals surface area contributed by atoms with Crippen molar-refractivity contribution >= 4 is 17.5 Å². The van der Waals surface area contributed by atoms with Crippen molar-refractivity contribution in [3.8, 4) is 22.6 Å². The number of carbonyl (C=O) groups excluding carboxylic acids is 2. The SMILES string of the molecule is COc1cc(NC(=O)c2ccccc2-c2ccccc2)ccc1OCC(=O)N1CCOCC1. The summed E-state index contributed by atoms with van der Waals surface area (Å²) in [5.74, 6) is 0.531. The molecule has 0 aromatic heterocycles.